The van der Waals surface area contributed by atoms with Crippen LogP contribution in [-0.2, 0) is 4.79 Å². The molecule has 1 aliphatic heterocycles. The summed E-state index contributed by atoms with van der Waals surface area (Å²) in [4.78, 5) is 13.3. The molecule has 1 aliphatic rings. The summed E-state index contributed by atoms with van der Waals surface area (Å²) < 4.78 is 0.981. The van der Waals surface area contributed by atoms with E-state index in [1.54, 1.807) is 4.90 Å². The highest BCUT2D eigenvalue weighted by Gasteiger charge is 2.30. The normalized spacial score (nSPS) is 20.4. The molecular weight excluding hydrogens is 256 g/mol. The number of benzene rings is 1. The van der Waals surface area contributed by atoms with Gasteiger partial charge in [-0.2, -0.15) is 5.26 Å². The van der Waals surface area contributed by atoms with Gasteiger partial charge in [0.05, 0.1) is 12.0 Å². The maximum absolute atomic E-state index is 11.6. The van der Waals surface area contributed by atoms with E-state index in [9.17, 15) is 4.79 Å². The quantitative estimate of drug-likeness (QED) is 0.782. The lowest BCUT2D eigenvalue weighted by Gasteiger charge is -2.15. The Balaban J connectivity index is 2.22. The number of rotatable bonds is 1. The van der Waals surface area contributed by atoms with Crippen LogP contribution in [0.3, 0.4) is 0 Å². The number of hydrogen-bond donors (Lipinski definition) is 0. The van der Waals surface area contributed by atoms with Gasteiger partial charge in [0.1, 0.15) is 0 Å². The van der Waals surface area contributed by atoms with Gasteiger partial charge in [-0.3, -0.25) is 4.79 Å². The minimum atomic E-state index is -0.166. The second-order valence-electron chi connectivity index (χ2n) is 3.51. The number of carbonyl (C=O) groups excluding carboxylic acids is 1. The van der Waals surface area contributed by atoms with E-state index in [0.717, 1.165) is 10.2 Å². The van der Waals surface area contributed by atoms with Gasteiger partial charge >= 0.3 is 0 Å². The molecule has 1 amide bonds. The van der Waals surface area contributed by atoms with Crippen LogP contribution in [0.15, 0.2) is 28.7 Å². The Labute approximate surface area is 96.4 Å². The smallest absolute Gasteiger partial charge is 0.228 e. The summed E-state index contributed by atoms with van der Waals surface area (Å²) in [6, 6.07) is 9.67. The van der Waals surface area contributed by atoms with Crippen LogP contribution in [0.1, 0.15) is 6.42 Å². The zero-order chi connectivity index (χ0) is 10.8. The van der Waals surface area contributed by atoms with E-state index in [1.165, 1.54) is 0 Å². The van der Waals surface area contributed by atoms with E-state index in [1.807, 2.05) is 24.3 Å². The lowest BCUT2D eigenvalue weighted by molar-refractivity contribution is -0.117. The molecule has 0 radical (unpaired) electrons. The molecule has 1 aromatic carbocycles. The second-order valence-corrected chi connectivity index (χ2v) is 4.43. The first-order chi connectivity index (χ1) is 7.20. The number of hydrogen-bond acceptors (Lipinski definition) is 2. The first-order valence-electron chi connectivity index (χ1n) is 4.66. The van der Waals surface area contributed by atoms with E-state index >= 15 is 0 Å². The molecule has 0 aromatic heterocycles. The molecule has 0 N–H and O–H groups in total. The van der Waals surface area contributed by atoms with E-state index in [0.29, 0.717) is 13.0 Å². The van der Waals surface area contributed by atoms with Gasteiger partial charge in [0.25, 0.3) is 0 Å². The van der Waals surface area contributed by atoms with Gasteiger partial charge in [-0.05, 0) is 24.3 Å². The molecule has 4 heteroatoms. The van der Waals surface area contributed by atoms with E-state index in [-0.39, 0.29) is 11.8 Å². The lowest BCUT2D eigenvalue weighted by atomic mass is 10.1. The molecule has 1 fully saturated rings. The van der Waals surface area contributed by atoms with Crippen molar-refractivity contribution in [2.75, 3.05) is 11.4 Å². The Hall–Kier alpha value is -1.34. The number of nitrogens with zero attached hydrogens (tertiary/aromatic N) is 2. The zero-order valence-electron chi connectivity index (χ0n) is 7.98. The minimum Gasteiger partial charge on any atom is -0.311 e. The highest BCUT2D eigenvalue weighted by molar-refractivity contribution is 9.10. The minimum absolute atomic E-state index is 0.0314. The molecule has 0 bridgehead atoms. The first kappa shape index (κ1) is 10.2. The molecule has 76 valence electrons. The number of anilines is 1. The monoisotopic (exact) mass is 264 g/mol. The Morgan fingerprint density at radius 1 is 1.40 bits per heavy atom. The Kier molecular flexibility index (Phi) is 2.74. The Morgan fingerprint density at radius 3 is 2.60 bits per heavy atom. The highest BCUT2D eigenvalue weighted by Crippen LogP contribution is 2.25. The standard InChI is InChI=1S/C11H9BrN2O/c12-9-1-3-10(4-2-9)14-7-8(6-13)5-11(14)15/h1-4,8H,5,7H2/t8-/m0/s1. The predicted molar refractivity (Wildman–Crippen MR) is 60.2 cm³/mol. The average molecular weight is 265 g/mol. The van der Waals surface area contributed by atoms with Crippen LogP contribution < -0.4 is 4.90 Å². The van der Waals surface area contributed by atoms with Crippen LogP contribution >= 0.6 is 15.9 Å². The summed E-state index contributed by atoms with van der Waals surface area (Å²) in [5.41, 5.74) is 0.862. The van der Waals surface area contributed by atoms with E-state index < -0.39 is 0 Å². The topological polar surface area (TPSA) is 44.1 Å². The van der Waals surface area contributed by atoms with Crippen LogP contribution in [-0.4, -0.2) is 12.5 Å². The van der Waals surface area contributed by atoms with Crippen LogP contribution in [0, 0.1) is 17.2 Å². The number of halogens is 1. The molecule has 0 saturated carbocycles. The van der Waals surface area contributed by atoms with Crippen molar-refractivity contribution < 1.29 is 4.79 Å². The van der Waals surface area contributed by atoms with Crippen molar-refractivity contribution in [3.05, 3.63) is 28.7 Å². The van der Waals surface area contributed by atoms with Crippen molar-refractivity contribution in [1.29, 1.82) is 5.26 Å². The molecule has 2 rings (SSSR count). The Morgan fingerprint density at radius 2 is 2.07 bits per heavy atom. The molecule has 1 heterocycles. The predicted octanol–water partition coefficient (Wildman–Crippen LogP) is 2.33. The van der Waals surface area contributed by atoms with E-state index in [2.05, 4.69) is 22.0 Å². The van der Waals surface area contributed by atoms with Gasteiger partial charge in [-0.1, -0.05) is 15.9 Å². The van der Waals surface area contributed by atoms with Crippen LogP contribution in [0.4, 0.5) is 5.69 Å². The maximum Gasteiger partial charge on any atom is 0.228 e. The highest BCUT2D eigenvalue weighted by atomic mass is 79.9. The van der Waals surface area contributed by atoms with Crippen molar-refractivity contribution in [2.24, 2.45) is 5.92 Å². The van der Waals surface area contributed by atoms with Crippen molar-refractivity contribution in [3.63, 3.8) is 0 Å². The van der Waals surface area contributed by atoms with Gasteiger partial charge in [0.2, 0.25) is 5.91 Å². The molecule has 1 saturated heterocycles. The molecular formula is C11H9BrN2O. The lowest BCUT2D eigenvalue weighted by Crippen LogP contribution is -2.24. The number of nitriles is 1. The summed E-state index contributed by atoms with van der Waals surface area (Å²) in [6.45, 7) is 0.511. The molecule has 0 unspecified atom stereocenters. The SMILES string of the molecule is N#C[C@@H]1CC(=O)N(c2ccc(Br)cc2)C1. The zero-order valence-corrected chi connectivity index (χ0v) is 9.57. The average Bonchev–Trinajstić information content (AvgIpc) is 2.61. The van der Waals surface area contributed by atoms with Crippen LogP contribution in [0.5, 0.6) is 0 Å². The Bertz CT molecular complexity index is 421. The summed E-state index contributed by atoms with van der Waals surface area (Å²) in [7, 11) is 0. The van der Waals surface area contributed by atoms with Gasteiger partial charge < -0.3 is 4.90 Å². The molecule has 0 spiro atoms. The molecule has 0 aliphatic carbocycles. The summed E-state index contributed by atoms with van der Waals surface area (Å²) in [5, 5.41) is 8.76. The van der Waals surface area contributed by atoms with Gasteiger partial charge in [-0.25, -0.2) is 0 Å². The molecule has 3 nitrogen and oxygen atoms in total. The van der Waals surface area contributed by atoms with Gasteiger partial charge in [0, 0.05) is 23.1 Å². The van der Waals surface area contributed by atoms with Gasteiger partial charge in [-0.15, -0.1) is 0 Å². The van der Waals surface area contributed by atoms with Crippen molar-refractivity contribution in [3.8, 4) is 6.07 Å². The summed E-state index contributed by atoms with van der Waals surface area (Å²) in [5.74, 6) is -0.134. The number of carbonyl (C=O) groups is 1. The largest absolute Gasteiger partial charge is 0.311 e. The summed E-state index contributed by atoms with van der Waals surface area (Å²) >= 11 is 3.34. The van der Waals surface area contributed by atoms with Crippen molar-refractivity contribution in [2.45, 2.75) is 6.42 Å². The molecule has 1 aromatic rings. The maximum atomic E-state index is 11.6. The van der Waals surface area contributed by atoms with Crippen molar-refractivity contribution >= 4 is 27.5 Å². The third kappa shape index (κ3) is 2.02. The third-order valence-corrected chi connectivity index (χ3v) is 2.97. The molecule has 1 atom stereocenters. The van der Waals surface area contributed by atoms with Crippen molar-refractivity contribution in [1.82, 2.24) is 0 Å². The van der Waals surface area contributed by atoms with Gasteiger partial charge in [0.15, 0.2) is 0 Å². The van der Waals surface area contributed by atoms with Crippen LogP contribution in [0.25, 0.3) is 0 Å². The fourth-order valence-corrected chi connectivity index (χ4v) is 1.93. The first-order valence-corrected chi connectivity index (χ1v) is 5.45. The second kappa shape index (κ2) is 4.03. The molecule has 15 heavy (non-hydrogen) atoms. The summed E-state index contributed by atoms with van der Waals surface area (Å²) in [6.07, 6.45) is 0.340. The van der Waals surface area contributed by atoms with E-state index in [4.69, 9.17) is 5.26 Å². The fraction of sp³-hybridized carbons (Fsp3) is 0.273. The number of amides is 1. The van der Waals surface area contributed by atoms with Crippen LogP contribution in [0.2, 0.25) is 0 Å². The third-order valence-electron chi connectivity index (χ3n) is 2.45. The fourth-order valence-electron chi connectivity index (χ4n) is 1.66.